The van der Waals surface area contributed by atoms with E-state index in [0.29, 0.717) is 19.4 Å². The van der Waals surface area contributed by atoms with Crippen LogP contribution in [0.3, 0.4) is 0 Å². The summed E-state index contributed by atoms with van der Waals surface area (Å²) in [5, 5.41) is 0. The average molecular weight is 188 g/mol. The molecule has 0 bridgehead atoms. The van der Waals surface area contributed by atoms with E-state index in [1.165, 1.54) is 0 Å². The molecule has 78 valence electrons. The van der Waals surface area contributed by atoms with Gasteiger partial charge in [-0.3, -0.25) is 10.2 Å². The lowest BCUT2D eigenvalue weighted by atomic mass is 10.1. The molecule has 0 aliphatic carbocycles. The minimum Gasteiger partial charge on any atom is -0.376 e. The van der Waals surface area contributed by atoms with Crippen molar-refractivity contribution in [2.24, 2.45) is 5.84 Å². The zero-order valence-electron chi connectivity index (χ0n) is 8.72. The smallest absolute Gasteiger partial charge is 0.233 e. The van der Waals surface area contributed by atoms with Crippen molar-refractivity contribution in [3.63, 3.8) is 0 Å². The van der Waals surface area contributed by atoms with Crippen LogP contribution in [0.15, 0.2) is 0 Å². The van der Waals surface area contributed by atoms with Crippen LogP contribution in [0.1, 0.15) is 40.0 Å². The molecule has 0 aromatic carbocycles. The number of hydrogen-bond acceptors (Lipinski definition) is 3. The van der Waals surface area contributed by atoms with E-state index < -0.39 is 0 Å². The van der Waals surface area contributed by atoms with Crippen LogP contribution in [0, 0.1) is 0 Å². The summed E-state index contributed by atoms with van der Waals surface area (Å²) in [6, 6.07) is 0. The minimum absolute atomic E-state index is 0.0841. The Morgan fingerprint density at radius 2 is 2.15 bits per heavy atom. The van der Waals surface area contributed by atoms with Gasteiger partial charge in [-0.15, -0.1) is 0 Å². The molecule has 0 fully saturated rings. The quantitative estimate of drug-likeness (QED) is 0.282. The normalized spacial score (nSPS) is 11.4. The van der Waals surface area contributed by atoms with Gasteiger partial charge in [-0.2, -0.15) is 0 Å². The third kappa shape index (κ3) is 6.54. The fourth-order valence-corrected chi connectivity index (χ4v) is 0.755. The van der Waals surface area contributed by atoms with E-state index in [-0.39, 0.29) is 11.5 Å². The zero-order chi connectivity index (χ0) is 10.3. The van der Waals surface area contributed by atoms with E-state index in [0.717, 1.165) is 6.42 Å². The maximum atomic E-state index is 10.7. The molecule has 13 heavy (non-hydrogen) atoms. The first-order valence-electron chi connectivity index (χ1n) is 4.65. The van der Waals surface area contributed by atoms with Gasteiger partial charge in [0.25, 0.3) is 0 Å². The summed E-state index contributed by atoms with van der Waals surface area (Å²) in [5.74, 6) is 4.79. The Bertz CT molecular complexity index is 158. The second-order valence-corrected chi connectivity index (χ2v) is 3.63. The van der Waals surface area contributed by atoms with Crippen molar-refractivity contribution in [1.29, 1.82) is 0 Å². The maximum absolute atomic E-state index is 10.7. The fourth-order valence-electron chi connectivity index (χ4n) is 0.755. The number of carbonyl (C=O) groups is 1. The molecule has 3 N–H and O–H groups in total. The van der Waals surface area contributed by atoms with Gasteiger partial charge in [-0.1, -0.05) is 6.92 Å². The highest BCUT2D eigenvalue weighted by Crippen LogP contribution is 2.13. The summed E-state index contributed by atoms with van der Waals surface area (Å²) in [7, 11) is 0. The Hall–Kier alpha value is -0.610. The first kappa shape index (κ1) is 12.4. The predicted molar refractivity (Wildman–Crippen MR) is 51.9 cm³/mol. The van der Waals surface area contributed by atoms with Gasteiger partial charge in [0.15, 0.2) is 0 Å². The molecule has 0 aliphatic rings. The lowest BCUT2D eigenvalue weighted by molar-refractivity contribution is -0.121. The second-order valence-electron chi connectivity index (χ2n) is 3.63. The number of amides is 1. The largest absolute Gasteiger partial charge is 0.376 e. The highest BCUT2D eigenvalue weighted by Gasteiger charge is 2.14. The number of nitrogens with two attached hydrogens (primary N) is 1. The number of carbonyl (C=O) groups excluding carboxylic acids is 1. The Balaban J connectivity index is 3.41. The van der Waals surface area contributed by atoms with E-state index in [9.17, 15) is 4.79 Å². The van der Waals surface area contributed by atoms with Crippen molar-refractivity contribution >= 4 is 5.91 Å². The summed E-state index contributed by atoms with van der Waals surface area (Å²) in [6.07, 6.45) is 2.11. The fraction of sp³-hybridized carbons (Fsp3) is 0.889. The number of rotatable bonds is 6. The van der Waals surface area contributed by atoms with Crippen LogP contribution in [0.4, 0.5) is 0 Å². The van der Waals surface area contributed by atoms with Crippen molar-refractivity contribution in [2.45, 2.75) is 45.6 Å². The van der Waals surface area contributed by atoms with E-state index in [4.69, 9.17) is 10.6 Å². The molecule has 0 heterocycles. The molecule has 0 atom stereocenters. The Morgan fingerprint density at radius 1 is 1.54 bits per heavy atom. The molecule has 0 unspecified atom stereocenters. The van der Waals surface area contributed by atoms with Gasteiger partial charge in [0.05, 0.1) is 5.60 Å². The molecule has 0 saturated heterocycles. The van der Waals surface area contributed by atoms with Crippen molar-refractivity contribution in [3.05, 3.63) is 0 Å². The van der Waals surface area contributed by atoms with Crippen molar-refractivity contribution in [1.82, 2.24) is 5.43 Å². The number of hydrazine groups is 1. The highest BCUT2D eigenvalue weighted by molar-refractivity contribution is 5.75. The Morgan fingerprint density at radius 3 is 2.62 bits per heavy atom. The molecule has 0 rings (SSSR count). The van der Waals surface area contributed by atoms with E-state index >= 15 is 0 Å². The van der Waals surface area contributed by atoms with Crippen molar-refractivity contribution in [3.8, 4) is 0 Å². The Labute approximate surface area is 79.8 Å². The lowest BCUT2D eigenvalue weighted by Crippen LogP contribution is -2.30. The summed E-state index contributed by atoms with van der Waals surface area (Å²) in [4.78, 5) is 10.7. The molecule has 4 heteroatoms. The molecule has 0 saturated carbocycles. The SMILES string of the molecule is CCC(C)(C)OCCCC(=O)NN. The third-order valence-electron chi connectivity index (χ3n) is 2.05. The molecule has 4 nitrogen and oxygen atoms in total. The summed E-state index contributed by atoms with van der Waals surface area (Å²) < 4.78 is 5.55. The monoisotopic (exact) mass is 188 g/mol. The molecule has 0 aromatic rings. The molecule has 0 aliphatic heterocycles. The third-order valence-corrected chi connectivity index (χ3v) is 2.05. The van der Waals surface area contributed by atoms with Gasteiger partial charge in [0, 0.05) is 13.0 Å². The van der Waals surface area contributed by atoms with E-state index in [1.807, 2.05) is 13.8 Å². The highest BCUT2D eigenvalue weighted by atomic mass is 16.5. The number of hydrogen-bond donors (Lipinski definition) is 2. The zero-order valence-corrected chi connectivity index (χ0v) is 8.72. The van der Waals surface area contributed by atoms with Crippen LogP contribution >= 0.6 is 0 Å². The van der Waals surface area contributed by atoms with Crippen LogP contribution in [-0.4, -0.2) is 18.1 Å². The van der Waals surface area contributed by atoms with Crippen molar-refractivity contribution < 1.29 is 9.53 Å². The van der Waals surface area contributed by atoms with Crippen LogP contribution in [0.25, 0.3) is 0 Å². The minimum atomic E-state index is -0.141. The van der Waals surface area contributed by atoms with Gasteiger partial charge in [0.1, 0.15) is 0 Å². The Kier molecular flexibility index (Phi) is 5.66. The standard InChI is InChI=1S/C9H20N2O2/c1-4-9(2,3)13-7-5-6-8(12)11-10/h4-7,10H2,1-3H3,(H,11,12). The second kappa shape index (κ2) is 5.94. The molecular weight excluding hydrogens is 168 g/mol. The lowest BCUT2D eigenvalue weighted by Gasteiger charge is -2.23. The van der Waals surface area contributed by atoms with Gasteiger partial charge >= 0.3 is 0 Å². The van der Waals surface area contributed by atoms with Crippen LogP contribution in [0.2, 0.25) is 0 Å². The van der Waals surface area contributed by atoms with Crippen LogP contribution in [0.5, 0.6) is 0 Å². The van der Waals surface area contributed by atoms with Gasteiger partial charge in [-0.05, 0) is 26.7 Å². The maximum Gasteiger partial charge on any atom is 0.233 e. The summed E-state index contributed by atoms with van der Waals surface area (Å²) >= 11 is 0. The first-order chi connectivity index (χ1) is 6.02. The van der Waals surface area contributed by atoms with E-state index in [2.05, 4.69) is 12.3 Å². The topological polar surface area (TPSA) is 64.3 Å². The molecular formula is C9H20N2O2. The summed E-state index contributed by atoms with van der Waals surface area (Å²) in [5.41, 5.74) is 2.00. The molecule has 1 amide bonds. The number of ether oxygens (including phenoxy) is 1. The average Bonchev–Trinajstić information content (AvgIpc) is 2.12. The van der Waals surface area contributed by atoms with Gasteiger partial charge in [0.2, 0.25) is 5.91 Å². The predicted octanol–water partition coefficient (Wildman–Crippen LogP) is 0.962. The van der Waals surface area contributed by atoms with Crippen LogP contribution in [-0.2, 0) is 9.53 Å². The summed E-state index contributed by atoms with van der Waals surface area (Å²) in [6.45, 7) is 6.76. The molecule has 0 spiro atoms. The van der Waals surface area contributed by atoms with Gasteiger partial charge in [-0.25, -0.2) is 5.84 Å². The molecule has 0 aromatic heterocycles. The first-order valence-corrected chi connectivity index (χ1v) is 4.65. The van der Waals surface area contributed by atoms with Crippen LogP contribution < -0.4 is 11.3 Å². The van der Waals surface area contributed by atoms with E-state index in [1.54, 1.807) is 0 Å². The molecule has 0 radical (unpaired) electrons. The van der Waals surface area contributed by atoms with Crippen molar-refractivity contribution in [2.75, 3.05) is 6.61 Å². The number of nitrogens with one attached hydrogen (secondary N) is 1. The van der Waals surface area contributed by atoms with Gasteiger partial charge < -0.3 is 4.74 Å².